The average Bonchev–Trinajstić information content (AvgIpc) is 2.48. The van der Waals surface area contributed by atoms with Crippen molar-refractivity contribution in [3.8, 4) is 0 Å². The van der Waals surface area contributed by atoms with E-state index < -0.39 is 17.4 Å². The van der Waals surface area contributed by atoms with Crippen LogP contribution in [0.5, 0.6) is 0 Å². The molecule has 0 aliphatic rings. The first-order valence-electron chi connectivity index (χ1n) is 7.22. The van der Waals surface area contributed by atoms with Crippen molar-refractivity contribution in [2.24, 2.45) is 5.10 Å². The number of rotatable bonds is 4. The normalized spacial score (nSPS) is 11.5. The van der Waals surface area contributed by atoms with Gasteiger partial charge in [-0.1, -0.05) is 18.2 Å². The standard InChI is InChI=1S/C18H19FN2O2/c1-18(2,3)23-17(22)13-9-10-14(16(19)11-13)12-20-21-15-7-5-4-6-8-15/h4-12,21H,1-3H3. The van der Waals surface area contributed by atoms with E-state index in [2.05, 4.69) is 10.5 Å². The number of hydrogen-bond donors (Lipinski definition) is 1. The van der Waals surface area contributed by atoms with Crippen molar-refractivity contribution in [2.75, 3.05) is 5.43 Å². The van der Waals surface area contributed by atoms with Gasteiger partial charge in [-0.05, 0) is 51.1 Å². The molecule has 2 rings (SSSR count). The molecule has 0 saturated heterocycles. The lowest BCUT2D eigenvalue weighted by molar-refractivity contribution is 0.00690. The highest BCUT2D eigenvalue weighted by Crippen LogP contribution is 2.15. The van der Waals surface area contributed by atoms with Gasteiger partial charge in [-0.2, -0.15) is 5.10 Å². The van der Waals surface area contributed by atoms with Crippen molar-refractivity contribution in [2.45, 2.75) is 26.4 Å². The number of nitrogens with one attached hydrogen (secondary N) is 1. The summed E-state index contributed by atoms with van der Waals surface area (Å²) in [7, 11) is 0. The first-order valence-corrected chi connectivity index (χ1v) is 7.22. The van der Waals surface area contributed by atoms with Crippen molar-refractivity contribution in [1.29, 1.82) is 0 Å². The maximum atomic E-state index is 14.0. The van der Waals surface area contributed by atoms with E-state index in [1.54, 1.807) is 20.8 Å². The zero-order valence-corrected chi connectivity index (χ0v) is 13.3. The Morgan fingerprint density at radius 3 is 2.48 bits per heavy atom. The molecule has 0 heterocycles. The average molecular weight is 314 g/mol. The topological polar surface area (TPSA) is 50.7 Å². The second-order valence-corrected chi connectivity index (χ2v) is 5.97. The van der Waals surface area contributed by atoms with Gasteiger partial charge in [-0.3, -0.25) is 5.43 Å². The summed E-state index contributed by atoms with van der Waals surface area (Å²) in [6.45, 7) is 5.28. The van der Waals surface area contributed by atoms with Gasteiger partial charge in [0.25, 0.3) is 0 Å². The fourth-order valence-electron chi connectivity index (χ4n) is 1.78. The lowest BCUT2D eigenvalue weighted by Gasteiger charge is -2.19. The molecule has 0 atom stereocenters. The van der Waals surface area contributed by atoms with E-state index in [1.165, 1.54) is 18.3 Å². The van der Waals surface area contributed by atoms with Crippen LogP contribution in [0.1, 0.15) is 36.7 Å². The van der Waals surface area contributed by atoms with Crippen molar-refractivity contribution >= 4 is 17.9 Å². The predicted octanol–water partition coefficient (Wildman–Crippen LogP) is 4.23. The number of ether oxygens (including phenoxy) is 1. The molecule has 5 heteroatoms. The van der Waals surface area contributed by atoms with Crippen LogP contribution in [0.25, 0.3) is 0 Å². The number of carbonyl (C=O) groups excluding carboxylic acids is 1. The minimum atomic E-state index is -0.618. The largest absolute Gasteiger partial charge is 0.456 e. The Bertz CT molecular complexity index is 707. The maximum Gasteiger partial charge on any atom is 0.338 e. The van der Waals surface area contributed by atoms with Crippen LogP contribution in [-0.4, -0.2) is 17.8 Å². The zero-order chi connectivity index (χ0) is 16.9. The highest BCUT2D eigenvalue weighted by Gasteiger charge is 2.18. The molecule has 0 spiro atoms. The van der Waals surface area contributed by atoms with E-state index in [0.717, 1.165) is 11.8 Å². The SMILES string of the molecule is CC(C)(C)OC(=O)c1ccc(C=NNc2ccccc2)c(F)c1. The summed E-state index contributed by atoms with van der Waals surface area (Å²) in [4.78, 5) is 11.9. The van der Waals surface area contributed by atoms with Gasteiger partial charge in [0.15, 0.2) is 0 Å². The monoisotopic (exact) mass is 314 g/mol. The summed E-state index contributed by atoms with van der Waals surface area (Å²) < 4.78 is 19.2. The molecule has 120 valence electrons. The summed E-state index contributed by atoms with van der Waals surface area (Å²) in [5.41, 5.74) is 3.43. The summed E-state index contributed by atoms with van der Waals surface area (Å²) >= 11 is 0. The quantitative estimate of drug-likeness (QED) is 0.522. The summed E-state index contributed by atoms with van der Waals surface area (Å²) in [6.07, 6.45) is 1.36. The van der Waals surface area contributed by atoms with E-state index in [0.29, 0.717) is 0 Å². The second kappa shape index (κ2) is 7.05. The third kappa shape index (κ3) is 5.21. The fraction of sp³-hybridized carbons (Fsp3) is 0.222. The molecule has 0 unspecified atom stereocenters. The molecule has 4 nitrogen and oxygen atoms in total. The van der Waals surface area contributed by atoms with Crippen LogP contribution >= 0.6 is 0 Å². The Labute approximate surface area is 135 Å². The molecule has 23 heavy (non-hydrogen) atoms. The van der Waals surface area contributed by atoms with Gasteiger partial charge in [-0.25, -0.2) is 9.18 Å². The van der Waals surface area contributed by atoms with Gasteiger partial charge in [0.05, 0.1) is 17.5 Å². The third-order valence-electron chi connectivity index (χ3n) is 2.81. The molecule has 1 N–H and O–H groups in total. The zero-order valence-electron chi connectivity index (χ0n) is 13.3. The molecular weight excluding hydrogens is 295 g/mol. The van der Waals surface area contributed by atoms with Crippen LogP contribution in [-0.2, 0) is 4.74 Å². The Balaban J connectivity index is 2.06. The van der Waals surface area contributed by atoms with Gasteiger partial charge in [-0.15, -0.1) is 0 Å². The van der Waals surface area contributed by atoms with Crippen LogP contribution in [0, 0.1) is 5.82 Å². The van der Waals surface area contributed by atoms with Crippen molar-refractivity contribution in [3.05, 3.63) is 65.5 Å². The summed E-state index contributed by atoms with van der Waals surface area (Å²) in [6, 6.07) is 13.5. The molecule has 0 amide bonds. The number of nitrogens with zero attached hydrogens (tertiary/aromatic N) is 1. The van der Waals surface area contributed by atoms with Gasteiger partial charge in [0.1, 0.15) is 11.4 Å². The Kier molecular flexibility index (Phi) is 5.11. The van der Waals surface area contributed by atoms with E-state index >= 15 is 0 Å². The third-order valence-corrected chi connectivity index (χ3v) is 2.81. The Hall–Kier alpha value is -2.69. The smallest absolute Gasteiger partial charge is 0.338 e. The lowest BCUT2D eigenvalue weighted by atomic mass is 10.1. The first kappa shape index (κ1) is 16.7. The molecule has 0 aliphatic carbocycles. The number of carbonyl (C=O) groups is 1. The number of hydrazone groups is 1. The molecule has 0 radical (unpaired) electrons. The minimum Gasteiger partial charge on any atom is -0.456 e. The highest BCUT2D eigenvalue weighted by atomic mass is 19.1. The summed E-state index contributed by atoms with van der Waals surface area (Å²) in [5, 5.41) is 3.98. The van der Waals surface area contributed by atoms with E-state index in [-0.39, 0.29) is 11.1 Å². The molecule has 2 aromatic carbocycles. The molecular formula is C18H19FN2O2. The van der Waals surface area contributed by atoms with Crippen LogP contribution < -0.4 is 5.43 Å². The fourth-order valence-corrected chi connectivity index (χ4v) is 1.78. The van der Waals surface area contributed by atoms with Gasteiger partial charge in [0, 0.05) is 5.56 Å². The molecule has 0 saturated carbocycles. The second-order valence-electron chi connectivity index (χ2n) is 5.97. The lowest BCUT2D eigenvalue weighted by Crippen LogP contribution is -2.24. The Morgan fingerprint density at radius 2 is 1.87 bits per heavy atom. The molecule has 0 bridgehead atoms. The predicted molar refractivity (Wildman–Crippen MR) is 89.2 cm³/mol. The van der Waals surface area contributed by atoms with E-state index in [1.807, 2.05) is 30.3 Å². The van der Waals surface area contributed by atoms with Crippen molar-refractivity contribution in [1.82, 2.24) is 0 Å². The van der Waals surface area contributed by atoms with E-state index in [4.69, 9.17) is 4.74 Å². The summed E-state index contributed by atoms with van der Waals surface area (Å²) in [5.74, 6) is -1.09. The number of halogens is 1. The van der Waals surface area contributed by atoms with Gasteiger partial charge < -0.3 is 4.74 Å². The van der Waals surface area contributed by atoms with Crippen LogP contribution in [0.2, 0.25) is 0 Å². The molecule has 2 aromatic rings. The van der Waals surface area contributed by atoms with Gasteiger partial charge in [0.2, 0.25) is 0 Å². The number of hydrogen-bond acceptors (Lipinski definition) is 4. The highest BCUT2D eigenvalue weighted by molar-refractivity contribution is 5.91. The van der Waals surface area contributed by atoms with Crippen LogP contribution in [0.4, 0.5) is 10.1 Å². The van der Waals surface area contributed by atoms with E-state index in [9.17, 15) is 9.18 Å². The number of benzene rings is 2. The first-order chi connectivity index (χ1) is 10.8. The number of esters is 1. The number of anilines is 1. The number of para-hydroxylation sites is 1. The van der Waals surface area contributed by atoms with Gasteiger partial charge >= 0.3 is 5.97 Å². The van der Waals surface area contributed by atoms with Crippen LogP contribution in [0.15, 0.2) is 53.6 Å². The molecule has 0 aliphatic heterocycles. The van der Waals surface area contributed by atoms with Crippen molar-refractivity contribution < 1.29 is 13.9 Å². The Morgan fingerprint density at radius 1 is 1.17 bits per heavy atom. The van der Waals surface area contributed by atoms with Crippen LogP contribution in [0.3, 0.4) is 0 Å². The maximum absolute atomic E-state index is 14.0. The molecule has 0 aromatic heterocycles. The minimum absolute atomic E-state index is 0.172. The molecule has 0 fully saturated rings. The van der Waals surface area contributed by atoms with Crippen molar-refractivity contribution in [3.63, 3.8) is 0 Å².